The number of anilines is 3. The van der Waals surface area contributed by atoms with Gasteiger partial charge in [-0.3, -0.25) is 0 Å². The lowest BCUT2D eigenvalue weighted by Crippen LogP contribution is -2.55. The second-order valence-corrected chi connectivity index (χ2v) is 14.9. The zero-order chi connectivity index (χ0) is 31.0. The van der Waals surface area contributed by atoms with Crippen LogP contribution >= 0.6 is 0 Å². The summed E-state index contributed by atoms with van der Waals surface area (Å²) in [4.78, 5) is 2.55. The predicted molar refractivity (Wildman–Crippen MR) is 196 cm³/mol. The fourth-order valence-electron chi connectivity index (χ4n) is 11.0. The maximum absolute atomic E-state index is 2.55. The summed E-state index contributed by atoms with van der Waals surface area (Å²) in [6.45, 7) is 0. The molecule has 0 unspecified atom stereocenters. The third-order valence-corrected chi connectivity index (χ3v) is 12.6. The van der Waals surface area contributed by atoms with Gasteiger partial charge in [0.25, 0.3) is 0 Å². The van der Waals surface area contributed by atoms with Crippen molar-refractivity contribution in [1.82, 2.24) is 0 Å². The maximum Gasteiger partial charge on any atom is 0.0543 e. The molecule has 1 nitrogen and oxygen atoms in total. The summed E-state index contributed by atoms with van der Waals surface area (Å²) >= 11 is 0. The van der Waals surface area contributed by atoms with Crippen LogP contribution in [0.15, 0.2) is 145 Å². The topological polar surface area (TPSA) is 3.24 Å². The summed E-state index contributed by atoms with van der Waals surface area (Å²) in [5, 5.41) is 0. The molecule has 47 heavy (non-hydrogen) atoms. The monoisotopic (exact) mass is 607 g/mol. The highest BCUT2D eigenvalue weighted by atomic mass is 15.1. The molecule has 1 heteroatoms. The molecule has 6 aliphatic rings. The van der Waals surface area contributed by atoms with Crippen LogP contribution in [0.25, 0.3) is 27.8 Å². The van der Waals surface area contributed by atoms with Crippen molar-refractivity contribution in [3.63, 3.8) is 0 Å². The zero-order valence-corrected chi connectivity index (χ0v) is 27.0. The Morgan fingerprint density at radius 3 is 1.60 bits per heavy atom. The number of hydrogen-bond acceptors (Lipinski definition) is 1. The highest BCUT2D eigenvalue weighted by Gasteiger charge is 2.62. The number of rotatable bonds is 5. The average molecular weight is 608 g/mol. The van der Waals surface area contributed by atoms with E-state index >= 15 is 0 Å². The first kappa shape index (κ1) is 27.5. The van der Waals surface area contributed by atoms with Gasteiger partial charge in [0.2, 0.25) is 0 Å². The third kappa shape index (κ3) is 4.15. The lowest BCUT2D eigenvalue weighted by Gasteiger charge is -2.62. The Bertz CT molecular complexity index is 1900. The van der Waals surface area contributed by atoms with E-state index in [1.807, 2.05) is 0 Å². The molecule has 5 aromatic rings. The van der Waals surface area contributed by atoms with Crippen LogP contribution in [0, 0.1) is 23.7 Å². The van der Waals surface area contributed by atoms with Crippen molar-refractivity contribution in [2.45, 2.75) is 50.4 Å². The molecule has 4 fully saturated rings. The first-order valence-electron chi connectivity index (χ1n) is 17.9. The van der Waals surface area contributed by atoms with Gasteiger partial charge >= 0.3 is 0 Å². The predicted octanol–water partition coefficient (Wildman–Crippen LogP) is 12.3. The SMILES string of the molecule is C1=CC2=C(CC1)C1(c3cccc(N(c4ccc(-c5ccccc5)cc4)c4ccc(-c5ccccc5)cc4)c32)C2CC3CC(C2)CC1C3. The summed E-state index contributed by atoms with van der Waals surface area (Å²) in [6.07, 6.45) is 14.6. The van der Waals surface area contributed by atoms with Crippen LogP contribution in [-0.4, -0.2) is 0 Å². The van der Waals surface area contributed by atoms with E-state index in [1.54, 1.807) is 16.7 Å². The number of nitrogens with zero attached hydrogens (tertiary/aromatic N) is 1. The molecule has 0 aliphatic heterocycles. The third-order valence-electron chi connectivity index (χ3n) is 12.6. The molecular weight excluding hydrogens is 567 g/mol. The quantitative estimate of drug-likeness (QED) is 0.192. The molecule has 1 spiro atoms. The van der Waals surface area contributed by atoms with E-state index < -0.39 is 0 Å². The van der Waals surface area contributed by atoms with Crippen molar-refractivity contribution in [2.24, 2.45) is 23.7 Å². The van der Waals surface area contributed by atoms with Crippen LogP contribution in [0.3, 0.4) is 0 Å². The van der Waals surface area contributed by atoms with Crippen LogP contribution in [0.2, 0.25) is 0 Å². The molecule has 11 rings (SSSR count). The van der Waals surface area contributed by atoms with Crippen molar-refractivity contribution in [3.8, 4) is 22.3 Å². The van der Waals surface area contributed by atoms with Gasteiger partial charge in [-0.15, -0.1) is 0 Å². The normalized spacial score (nSPS) is 26.5. The number of fused-ring (bicyclic) bond motifs is 2. The first-order valence-corrected chi connectivity index (χ1v) is 17.9. The van der Waals surface area contributed by atoms with Gasteiger partial charge in [-0.2, -0.15) is 0 Å². The second-order valence-electron chi connectivity index (χ2n) is 14.9. The van der Waals surface area contributed by atoms with E-state index in [0.717, 1.165) is 23.7 Å². The smallest absolute Gasteiger partial charge is 0.0543 e. The number of allylic oxidation sites excluding steroid dienone is 4. The van der Waals surface area contributed by atoms with E-state index in [0.29, 0.717) is 0 Å². The lowest BCUT2D eigenvalue weighted by atomic mass is 9.42. The van der Waals surface area contributed by atoms with E-state index in [-0.39, 0.29) is 5.41 Å². The van der Waals surface area contributed by atoms with E-state index in [9.17, 15) is 0 Å². The Morgan fingerprint density at radius 1 is 0.511 bits per heavy atom. The molecular formula is C46H41N. The minimum Gasteiger partial charge on any atom is -0.310 e. The molecule has 4 bridgehead atoms. The van der Waals surface area contributed by atoms with Gasteiger partial charge in [0, 0.05) is 22.4 Å². The molecule has 230 valence electrons. The van der Waals surface area contributed by atoms with E-state index in [4.69, 9.17) is 0 Å². The van der Waals surface area contributed by atoms with Crippen molar-refractivity contribution < 1.29 is 0 Å². The van der Waals surface area contributed by atoms with Crippen molar-refractivity contribution in [1.29, 1.82) is 0 Å². The zero-order valence-electron chi connectivity index (χ0n) is 27.0. The number of benzene rings is 5. The highest BCUT2D eigenvalue weighted by molar-refractivity contribution is 5.97. The van der Waals surface area contributed by atoms with Gasteiger partial charge in [0.05, 0.1) is 5.69 Å². The molecule has 6 aliphatic carbocycles. The van der Waals surface area contributed by atoms with Gasteiger partial charge in [0.15, 0.2) is 0 Å². The molecule has 0 N–H and O–H groups in total. The van der Waals surface area contributed by atoms with Crippen LogP contribution in [0.5, 0.6) is 0 Å². The molecule has 5 aromatic carbocycles. The summed E-state index contributed by atoms with van der Waals surface area (Å²) in [7, 11) is 0. The van der Waals surface area contributed by atoms with Gasteiger partial charge < -0.3 is 4.90 Å². The lowest BCUT2D eigenvalue weighted by molar-refractivity contribution is -0.0433. The minimum absolute atomic E-state index is 0.235. The number of hydrogen-bond donors (Lipinski definition) is 0. The Hall–Kier alpha value is -4.62. The molecule has 0 radical (unpaired) electrons. The molecule has 0 aromatic heterocycles. The van der Waals surface area contributed by atoms with Crippen molar-refractivity contribution in [3.05, 3.63) is 156 Å². The second kappa shape index (κ2) is 10.7. The van der Waals surface area contributed by atoms with E-state index in [2.05, 4.69) is 144 Å². The molecule has 0 heterocycles. The summed E-state index contributed by atoms with van der Waals surface area (Å²) in [6, 6.07) is 47.3. The highest BCUT2D eigenvalue weighted by Crippen LogP contribution is 2.70. The molecule has 4 saturated carbocycles. The van der Waals surface area contributed by atoms with Crippen LogP contribution in [0.1, 0.15) is 56.1 Å². The Balaban J connectivity index is 1.16. The first-order chi connectivity index (χ1) is 23.3. The summed E-state index contributed by atoms with van der Waals surface area (Å²) in [5.41, 5.74) is 15.5. The van der Waals surface area contributed by atoms with E-state index in [1.165, 1.54) is 89.8 Å². The Morgan fingerprint density at radius 2 is 1.04 bits per heavy atom. The summed E-state index contributed by atoms with van der Waals surface area (Å²) in [5.74, 6) is 3.52. The fraction of sp³-hybridized carbons (Fsp3) is 0.261. The maximum atomic E-state index is 2.55. The Labute approximate surface area is 279 Å². The van der Waals surface area contributed by atoms with Gasteiger partial charge in [-0.25, -0.2) is 0 Å². The van der Waals surface area contributed by atoms with Crippen LogP contribution in [-0.2, 0) is 5.41 Å². The Kier molecular flexibility index (Phi) is 6.26. The van der Waals surface area contributed by atoms with Crippen molar-refractivity contribution >= 4 is 22.6 Å². The summed E-state index contributed by atoms with van der Waals surface area (Å²) < 4.78 is 0. The standard InChI is InChI=1S/C46H41N/c1-3-10-33(11-4-1)35-18-22-39(23-19-35)47(40-24-20-36(21-25-40)34-12-5-2-6-13-34)44-17-9-16-43-45(44)41-14-7-8-15-42(41)46(43)37-27-31-26-32(29-37)30-38(46)28-31/h1-7,9-14,16-25,31-32,37-38H,8,15,26-30H2. The minimum atomic E-state index is 0.235. The van der Waals surface area contributed by atoms with Crippen LogP contribution < -0.4 is 4.90 Å². The van der Waals surface area contributed by atoms with Gasteiger partial charge in [0.1, 0.15) is 0 Å². The fourth-order valence-corrected chi connectivity index (χ4v) is 11.0. The largest absolute Gasteiger partial charge is 0.310 e. The van der Waals surface area contributed by atoms with Gasteiger partial charge in [-0.05, 0) is 132 Å². The van der Waals surface area contributed by atoms with Gasteiger partial charge in [-0.1, -0.05) is 115 Å². The molecule has 0 amide bonds. The molecule has 0 saturated heterocycles. The average Bonchev–Trinajstić information content (AvgIpc) is 3.43. The molecule has 0 atom stereocenters. The van der Waals surface area contributed by atoms with Crippen LogP contribution in [0.4, 0.5) is 17.1 Å². The van der Waals surface area contributed by atoms with Crippen molar-refractivity contribution in [2.75, 3.05) is 4.90 Å².